The molecule has 82 valence electrons. The van der Waals surface area contributed by atoms with E-state index in [1.807, 2.05) is 0 Å². The Kier molecular flexibility index (Phi) is 1.98. The first kappa shape index (κ1) is 10.3. The van der Waals surface area contributed by atoms with Crippen molar-refractivity contribution in [3.05, 3.63) is 29.3 Å². The Balaban J connectivity index is 2.56. The van der Waals surface area contributed by atoms with Gasteiger partial charge in [-0.25, -0.2) is 0 Å². The van der Waals surface area contributed by atoms with Crippen molar-refractivity contribution < 1.29 is 23.0 Å². The van der Waals surface area contributed by atoms with Gasteiger partial charge in [0.05, 0.1) is 6.61 Å². The van der Waals surface area contributed by atoms with Crippen LogP contribution in [0, 0.1) is 0 Å². The Bertz CT molecular complexity index is 400. The van der Waals surface area contributed by atoms with Crippen LogP contribution < -0.4 is 0 Å². The van der Waals surface area contributed by atoms with E-state index in [-0.39, 0.29) is 17.9 Å². The maximum absolute atomic E-state index is 12.7. The van der Waals surface area contributed by atoms with Crippen molar-refractivity contribution in [2.75, 3.05) is 0 Å². The molecule has 0 saturated heterocycles. The first-order valence-electron chi connectivity index (χ1n) is 4.37. The molecule has 1 aromatic rings. The largest absolute Gasteiger partial charge is 0.508 e. The summed E-state index contributed by atoms with van der Waals surface area (Å²) in [5, 5.41) is 9.17. The van der Waals surface area contributed by atoms with Crippen molar-refractivity contribution in [2.45, 2.75) is 25.3 Å². The number of rotatable bonds is 0. The zero-order chi connectivity index (χ0) is 11.3. The molecular formula is C10H9F3O2. The lowest BCUT2D eigenvalue weighted by Gasteiger charge is -2.27. The van der Waals surface area contributed by atoms with Crippen LogP contribution >= 0.6 is 0 Å². The van der Waals surface area contributed by atoms with Crippen LogP contribution in [0.3, 0.4) is 0 Å². The van der Waals surface area contributed by atoms with E-state index in [1.165, 1.54) is 12.1 Å². The van der Waals surface area contributed by atoms with Gasteiger partial charge < -0.3 is 9.84 Å². The van der Waals surface area contributed by atoms with Crippen LogP contribution in [0.2, 0.25) is 0 Å². The lowest BCUT2D eigenvalue weighted by atomic mass is 9.93. The topological polar surface area (TPSA) is 29.5 Å². The van der Waals surface area contributed by atoms with Crippen LogP contribution in [0.15, 0.2) is 18.2 Å². The fourth-order valence-corrected chi connectivity index (χ4v) is 1.67. The maximum atomic E-state index is 12.7. The molecule has 0 bridgehead atoms. The maximum Gasteiger partial charge on any atom is 0.421 e. The minimum atomic E-state index is -4.48. The average molecular weight is 218 g/mol. The molecule has 2 rings (SSSR count). The van der Waals surface area contributed by atoms with E-state index in [2.05, 4.69) is 0 Å². The number of alkyl halides is 3. The molecule has 1 atom stereocenters. The molecule has 1 aliphatic heterocycles. The van der Waals surface area contributed by atoms with Crippen molar-refractivity contribution in [1.82, 2.24) is 0 Å². The summed E-state index contributed by atoms with van der Waals surface area (Å²) in [6, 6.07) is 3.90. The summed E-state index contributed by atoms with van der Waals surface area (Å²) in [6.07, 6.45) is -4.48. The molecule has 0 radical (unpaired) electrons. The lowest BCUT2D eigenvalue weighted by molar-refractivity contribution is -0.272. The van der Waals surface area contributed by atoms with Gasteiger partial charge in [-0.1, -0.05) is 6.07 Å². The molecule has 0 spiro atoms. The molecule has 1 aromatic carbocycles. The highest BCUT2D eigenvalue weighted by Crippen LogP contribution is 2.48. The van der Waals surface area contributed by atoms with E-state index in [1.54, 1.807) is 0 Å². The summed E-state index contributed by atoms with van der Waals surface area (Å²) < 4.78 is 43.0. The SMILES string of the molecule is C[C@]1(C(F)(F)F)OCc2ccc(O)cc21. The molecule has 0 aliphatic carbocycles. The fraction of sp³-hybridized carbons (Fsp3) is 0.400. The second kappa shape index (κ2) is 2.88. The molecular weight excluding hydrogens is 209 g/mol. The Morgan fingerprint density at radius 2 is 2.07 bits per heavy atom. The molecule has 0 amide bonds. The van der Waals surface area contributed by atoms with E-state index in [0.29, 0.717) is 5.56 Å². The van der Waals surface area contributed by atoms with Crippen molar-refractivity contribution in [1.29, 1.82) is 0 Å². The highest BCUT2D eigenvalue weighted by molar-refractivity contribution is 5.41. The van der Waals surface area contributed by atoms with Gasteiger partial charge in [-0.3, -0.25) is 0 Å². The third-order valence-corrected chi connectivity index (χ3v) is 2.66. The number of benzene rings is 1. The summed E-state index contributed by atoms with van der Waals surface area (Å²) in [6.45, 7) is 0.893. The number of hydrogen-bond donors (Lipinski definition) is 1. The van der Waals surface area contributed by atoms with Gasteiger partial charge in [0.25, 0.3) is 0 Å². The van der Waals surface area contributed by atoms with E-state index in [0.717, 1.165) is 13.0 Å². The molecule has 5 heteroatoms. The number of hydrogen-bond acceptors (Lipinski definition) is 2. The Hall–Kier alpha value is -1.23. The number of aromatic hydroxyl groups is 1. The predicted molar refractivity (Wildman–Crippen MR) is 46.3 cm³/mol. The van der Waals surface area contributed by atoms with E-state index in [9.17, 15) is 18.3 Å². The van der Waals surface area contributed by atoms with Crippen molar-refractivity contribution >= 4 is 0 Å². The first-order valence-corrected chi connectivity index (χ1v) is 4.37. The van der Waals surface area contributed by atoms with Gasteiger partial charge in [-0.05, 0) is 24.6 Å². The zero-order valence-electron chi connectivity index (χ0n) is 7.93. The third-order valence-electron chi connectivity index (χ3n) is 2.66. The number of halogens is 3. The van der Waals surface area contributed by atoms with Gasteiger partial charge in [-0.2, -0.15) is 13.2 Å². The van der Waals surface area contributed by atoms with Crippen molar-refractivity contribution in [3.8, 4) is 5.75 Å². The van der Waals surface area contributed by atoms with E-state index in [4.69, 9.17) is 4.74 Å². The third kappa shape index (κ3) is 1.38. The Morgan fingerprint density at radius 1 is 1.40 bits per heavy atom. The molecule has 2 nitrogen and oxygen atoms in total. The quantitative estimate of drug-likeness (QED) is 0.725. The normalized spacial score (nSPS) is 25.3. The smallest absolute Gasteiger partial charge is 0.421 e. The van der Waals surface area contributed by atoms with Crippen LogP contribution in [0.5, 0.6) is 5.75 Å². The van der Waals surface area contributed by atoms with Gasteiger partial charge >= 0.3 is 6.18 Å². The highest BCUT2D eigenvalue weighted by atomic mass is 19.4. The number of ether oxygens (including phenoxy) is 1. The number of phenolic OH excluding ortho intramolecular Hbond substituents is 1. The van der Waals surface area contributed by atoms with Gasteiger partial charge in [0.15, 0.2) is 5.60 Å². The second-order valence-electron chi connectivity index (χ2n) is 3.66. The van der Waals surface area contributed by atoms with Crippen molar-refractivity contribution in [3.63, 3.8) is 0 Å². The highest BCUT2D eigenvalue weighted by Gasteiger charge is 2.57. The molecule has 1 N–H and O–H groups in total. The molecule has 0 saturated carbocycles. The summed E-state index contributed by atoms with van der Waals surface area (Å²) in [4.78, 5) is 0. The standard InChI is InChI=1S/C10H9F3O2/c1-9(10(11,12)13)8-4-7(14)3-2-6(8)5-15-9/h2-4,14H,5H2,1H3/t9-/m0/s1. The number of fused-ring (bicyclic) bond motifs is 1. The summed E-state index contributed by atoms with van der Waals surface area (Å²) in [5.74, 6) is -0.185. The monoisotopic (exact) mass is 218 g/mol. The second-order valence-corrected chi connectivity index (χ2v) is 3.66. The zero-order valence-corrected chi connectivity index (χ0v) is 7.93. The minimum Gasteiger partial charge on any atom is -0.508 e. The van der Waals surface area contributed by atoms with E-state index < -0.39 is 11.8 Å². The van der Waals surface area contributed by atoms with Gasteiger partial charge in [0.2, 0.25) is 0 Å². The molecule has 0 unspecified atom stereocenters. The molecule has 15 heavy (non-hydrogen) atoms. The van der Waals surface area contributed by atoms with Crippen LogP contribution in [-0.2, 0) is 16.9 Å². The van der Waals surface area contributed by atoms with Gasteiger partial charge in [-0.15, -0.1) is 0 Å². The average Bonchev–Trinajstić information content (AvgIpc) is 2.44. The predicted octanol–water partition coefficient (Wildman–Crippen LogP) is 2.70. The van der Waals surface area contributed by atoms with Crippen LogP contribution in [0.1, 0.15) is 18.1 Å². The van der Waals surface area contributed by atoms with E-state index >= 15 is 0 Å². The molecule has 1 heterocycles. The summed E-state index contributed by atoms with van der Waals surface area (Å²) in [7, 11) is 0. The summed E-state index contributed by atoms with van der Waals surface area (Å²) in [5.41, 5.74) is -1.84. The lowest BCUT2D eigenvalue weighted by Crippen LogP contribution is -2.38. The van der Waals surface area contributed by atoms with Crippen LogP contribution in [0.25, 0.3) is 0 Å². The Labute approximate surface area is 84.3 Å². The Morgan fingerprint density at radius 3 is 2.67 bits per heavy atom. The van der Waals surface area contributed by atoms with Gasteiger partial charge in [0.1, 0.15) is 5.75 Å². The summed E-state index contributed by atoms with van der Waals surface area (Å²) >= 11 is 0. The fourth-order valence-electron chi connectivity index (χ4n) is 1.67. The first-order chi connectivity index (χ1) is 6.84. The number of phenols is 1. The molecule has 0 fully saturated rings. The van der Waals surface area contributed by atoms with Crippen molar-refractivity contribution in [2.24, 2.45) is 0 Å². The van der Waals surface area contributed by atoms with Crippen LogP contribution in [0.4, 0.5) is 13.2 Å². The molecule has 1 aliphatic rings. The van der Waals surface area contributed by atoms with Crippen LogP contribution in [-0.4, -0.2) is 11.3 Å². The van der Waals surface area contributed by atoms with Gasteiger partial charge in [0, 0.05) is 5.56 Å². The molecule has 0 aromatic heterocycles. The minimum absolute atomic E-state index is 0.00463.